The standard InChI is InChI=1S/C23H28N4.ClH/c1-19-5-2-9-22(17-19)27-15-13-26(14-16-27)12-11-24-18-21-7-3-6-20-8-4-10-25-23(20)21;/h2-10,17,24H,11-16,18H2,1H3;1H. The molecule has 1 aliphatic rings. The van der Waals surface area contributed by atoms with Crippen LogP contribution in [-0.2, 0) is 6.54 Å². The normalized spacial score (nSPS) is 14.8. The minimum atomic E-state index is 0. The van der Waals surface area contributed by atoms with Gasteiger partial charge in [0.1, 0.15) is 0 Å². The zero-order chi connectivity index (χ0) is 18.5. The maximum absolute atomic E-state index is 4.54. The van der Waals surface area contributed by atoms with Crippen molar-refractivity contribution in [1.29, 1.82) is 0 Å². The van der Waals surface area contributed by atoms with Crippen molar-refractivity contribution in [3.8, 4) is 0 Å². The van der Waals surface area contributed by atoms with Crippen molar-refractivity contribution in [2.24, 2.45) is 0 Å². The van der Waals surface area contributed by atoms with E-state index < -0.39 is 0 Å². The molecule has 0 aliphatic carbocycles. The second kappa shape index (κ2) is 9.87. The lowest BCUT2D eigenvalue weighted by atomic mass is 10.1. The zero-order valence-corrected chi connectivity index (χ0v) is 17.3. The molecule has 0 atom stereocenters. The van der Waals surface area contributed by atoms with E-state index in [0.717, 1.165) is 51.3 Å². The molecule has 0 unspecified atom stereocenters. The number of fused-ring (bicyclic) bond motifs is 1. The highest BCUT2D eigenvalue weighted by Gasteiger charge is 2.16. The quantitative estimate of drug-likeness (QED) is 0.641. The Labute approximate surface area is 174 Å². The highest BCUT2D eigenvalue weighted by Crippen LogP contribution is 2.18. The van der Waals surface area contributed by atoms with E-state index in [9.17, 15) is 0 Å². The van der Waals surface area contributed by atoms with Gasteiger partial charge in [-0.05, 0) is 36.2 Å². The van der Waals surface area contributed by atoms with Gasteiger partial charge < -0.3 is 10.2 Å². The third-order valence-electron chi connectivity index (χ3n) is 5.38. The fraction of sp³-hybridized carbons (Fsp3) is 0.348. The van der Waals surface area contributed by atoms with E-state index in [1.807, 2.05) is 12.3 Å². The van der Waals surface area contributed by atoms with Crippen LogP contribution in [0.25, 0.3) is 10.9 Å². The second-order valence-electron chi connectivity index (χ2n) is 7.34. The van der Waals surface area contributed by atoms with Crippen LogP contribution in [0.4, 0.5) is 5.69 Å². The zero-order valence-electron chi connectivity index (χ0n) is 16.5. The van der Waals surface area contributed by atoms with Crippen molar-refractivity contribution >= 4 is 29.0 Å². The first-order chi connectivity index (χ1) is 13.3. The van der Waals surface area contributed by atoms with Crippen molar-refractivity contribution in [2.75, 3.05) is 44.2 Å². The summed E-state index contributed by atoms with van der Waals surface area (Å²) in [7, 11) is 0. The number of nitrogens with one attached hydrogen (secondary N) is 1. The van der Waals surface area contributed by atoms with Gasteiger partial charge in [-0.25, -0.2) is 0 Å². The van der Waals surface area contributed by atoms with Gasteiger partial charge in [0.05, 0.1) is 5.52 Å². The van der Waals surface area contributed by atoms with Crippen molar-refractivity contribution in [1.82, 2.24) is 15.2 Å². The first-order valence-electron chi connectivity index (χ1n) is 9.87. The highest BCUT2D eigenvalue weighted by atomic mass is 35.5. The number of hydrogen-bond donors (Lipinski definition) is 1. The molecule has 148 valence electrons. The number of rotatable bonds is 6. The summed E-state index contributed by atoms with van der Waals surface area (Å²) in [6.07, 6.45) is 1.87. The number of hydrogen-bond acceptors (Lipinski definition) is 4. The molecule has 4 rings (SSSR count). The van der Waals surface area contributed by atoms with Gasteiger partial charge in [0.25, 0.3) is 0 Å². The predicted molar refractivity (Wildman–Crippen MR) is 121 cm³/mol. The molecular formula is C23H29ClN4. The minimum Gasteiger partial charge on any atom is -0.369 e. The molecule has 0 radical (unpaired) electrons. The summed E-state index contributed by atoms with van der Waals surface area (Å²) in [6.45, 7) is 9.62. The number of benzene rings is 2. The maximum Gasteiger partial charge on any atom is 0.0746 e. The van der Waals surface area contributed by atoms with E-state index in [-0.39, 0.29) is 12.4 Å². The van der Waals surface area contributed by atoms with Gasteiger partial charge in [0.15, 0.2) is 0 Å². The Balaban J connectivity index is 0.00000225. The second-order valence-corrected chi connectivity index (χ2v) is 7.34. The Hall–Kier alpha value is -2.14. The van der Waals surface area contributed by atoms with Crippen LogP contribution in [0.2, 0.25) is 0 Å². The summed E-state index contributed by atoms with van der Waals surface area (Å²) in [5.74, 6) is 0. The molecule has 1 fully saturated rings. The van der Waals surface area contributed by atoms with Gasteiger partial charge in [-0.15, -0.1) is 12.4 Å². The molecule has 1 aliphatic heterocycles. The number of piperazine rings is 1. The van der Waals surface area contributed by atoms with Gasteiger partial charge >= 0.3 is 0 Å². The summed E-state index contributed by atoms with van der Waals surface area (Å²) in [4.78, 5) is 9.59. The third kappa shape index (κ3) is 5.02. The topological polar surface area (TPSA) is 31.4 Å². The highest BCUT2D eigenvalue weighted by molar-refractivity contribution is 5.85. The Bertz CT molecular complexity index is 885. The van der Waals surface area contributed by atoms with Crippen molar-refractivity contribution in [2.45, 2.75) is 13.5 Å². The van der Waals surface area contributed by atoms with Crippen molar-refractivity contribution in [3.05, 3.63) is 71.9 Å². The van der Waals surface area contributed by atoms with Crippen molar-refractivity contribution in [3.63, 3.8) is 0 Å². The molecule has 2 aromatic carbocycles. The molecule has 28 heavy (non-hydrogen) atoms. The molecule has 5 heteroatoms. The Morgan fingerprint density at radius 2 is 1.75 bits per heavy atom. The van der Waals surface area contributed by atoms with E-state index >= 15 is 0 Å². The van der Waals surface area contributed by atoms with Crippen LogP contribution < -0.4 is 10.2 Å². The van der Waals surface area contributed by atoms with Crippen LogP contribution >= 0.6 is 12.4 Å². The smallest absolute Gasteiger partial charge is 0.0746 e. The summed E-state index contributed by atoms with van der Waals surface area (Å²) in [6, 6.07) is 19.4. The van der Waals surface area contributed by atoms with E-state index in [4.69, 9.17) is 0 Å². The number of anilines is 1. The fourth-order valence-corrected chi connectivity index (χ4v) is 3.82. The minimum absolute atomic E-state index is 0. The van der Waals surface area contributed by atoms with Crippen LogP contribution in [-0.4, -0.2) is 49.2 Å². The average Bonchev–Trinajstić information content (AvgIpc) is 2.72. The van der Waals surface area contributed by atoms with Gasteiger partial charge in [-0.2, -0.15) is 0 Å². The van der Waals surface area contributed by atoms with Crippen LogP contribution in [0.15, 0.2) is 60.8 Å². The molecule has 0 spiro atoms. The molecule has 0 amide bonds. The molecular weight excluding hydrogens is 368 g/mol. The van der Waals surface area contributed by atoms with E-state index in [2.05, 4.69) is 75.6 Å². The van der Waals surface area contributed by atoms with Gasteiger partial charge in [-0.3, -0.25) is 9.88 Å². The lowest BCUT2D eigenvalue weighted by molar-refractivity contribution is 0.257. The average molecular weight is 397 g/mol. The summed E-state index contributed by atoms with van der Waals surface area (Å²) in [5, 5.41) is 4.81. The number of aromatic nitrogens is 1. The molecule has 1 N–H and O–H groups in total. The first kappa shape index (κ1) is 20.6. The molecule has 0 bridgehead atoms. The summed E-state index contributed by atoms with van der Waals surface area (Å²) in [5.41, 5.74) is 5.08. The van der Waals surface area contributed by atoms with E-state index in [0.29, 0.717) is 0 Å². The lowest BCUT2D eigenvalue weighted by Crippen LogP contribution is -2.48. The van der Waals surface area contributed by atoms with Crippen LogP contribution in [0, 0.1) is 6.92 Å². The van der Waals surface area contributed by atoms with E-state index in [1.165, 1.54) is 22.2 Å². The Morgan fingerprint density at radius 3 is 2.57 bits per heavy atom. The van der Waals surface area contributed by atoms with Gasteiger partial charge in [-0.1, -0.05) is 36.4 Å². The lowest BCUT2D eigenvalue weighted by Gasteiger charge is -2.36. The van der Waals surface area contributed by atoms with Crippen LogP contribution in [0.5, 0.6) is 0 Å². The van der Waals surface area contributed by atoms with Crippen LogP contribution in [0.1, 0.15) is 11.1 Å². The fourth-order valence-electron chi connectivity index (χ4n) is 3.82. The molecule has 0 saturated carbocycles. The van der Waals surface area contributed by atoms with E-state index in [1.54, 1.807) is 0 Å². The maximum atomic E-state index is 4.54. The Morgan fingerprint density at radius 1 is 0.964 bits per heavy atom. The monoisotopic (exact) mass is 396 g/mol. The number of aryl methyl sites for hydroxylation is 1. The molecule has 1 saturated heterocycles. The third-order valence-corrected chi connectivity index (χ3v) is 5.38. The van der Waals surface area contributed by atoms with Gasteiger partial charge in [0.2, 0.25) is 0 Å². The summed E-state index contributed by atoms with van der Waals surface area (Å²) >= 11 is 0. The number of para-hydroxylation sites is 1. The largest absolute Gasteiger partial charge is 0.369 e. The number of pyridine rings is 1. The molecule has 1 aromatic heterocycles. The van der Waals surface area contributed by atoms with Crippen LogP contribution in [0.3, 0.4) is 0 Å². The molecule has 2 heterocycles. The van der Waals surface area contributed by atoms with Crippen molar-refractivity contribution < 1.29 is 0 Å². The number of halogens is 1. The first-order valence-corrected chi connectivity index (χ1v) is 9.87. The molecule has 4 nitrogen and oxygen atoms in total. The molecule has 3 aromatic rings. The predicted octanol–water partition coefficient (Wildman–Crippen LogP) is 3.88. The van der Waals surface area contributed by atoms with Gasteiger partial charge in [0, 0.05) is 63.1 Å². The summed E-state index contributed by atoms with van der Waals surface area (Å²) < 4.78 is 0. The SMILES string of the molecule is Cc1cccc(N2CCN(CCNCc3cccc4cccnc34)CC2)c1.Cl. The number of nitrogens with zero attached hydrogens (tertiary/aromatic N) is 3. The Kier molecular flexibility index (Phi) is 7.26.